The molecule has 1 saturated heterocycles. The van der Waals surface area contributed by atoms with Crippen LogP contribution in [0.15, 0.2) is 0 Å². The molecule has 0 aromatic rings. The van der Waals surface area contributed by atoms with E-state index in [1.54, 1.807) is 0 Å². The minimum atomic E-state index is -5.37. The van der Waals surface area contributed by atoms with Gasteiger partial charge in [0, 0.05) is 6.42 Å². The number of ether oxygens (including phenoxy) is 1. The van der Waals surface area contributed by atoms with E-state index in [4.69, 9.17) is 24.5 Å². The third-order valence-electron chi connectivity index (χ3n) is 2.02. The fourth-order valence-corrected chi connectivity index (χ4v) is 5.12. The van der Waals surface area contributed by atoms with Crippen LogP contribution in [0.1, 0.15) is 6.42 Å². The monoisotopic (exact) mass is 390 g/mol. The first-order valence-electron chi connectivity index (χ1n) is 5.10. The standard InChI is InChI=1S/C5H13O12P3S/c6-3-1-5(7)15-4(3)2-14-18(8,9)16-19(10,11)17-20(12,13)21/h3-7H,1-2H2,(H,8,9)(H,10,11)(H2,12,13,21)/t3-,4+,5-/m0/s1. The molecule has 1 aliphatic rings. The molecule has 0 radical (unpaired) electrons. The summed E-state index contributed by atoms with van der Waals surface area (Å²) in [6, 6.07) is 0. The van der Waals surface area contributed by atoms with Crippen LogP contribution >= 0.6 is 22.4 Å². The minimum absolute atomic E-state index is 0.149. The van der Waals surface area contributed by atoms with E-state index in [9.17, 15) is 19.1 Å². The zero-order valence-electron chi connectivity index (χ0n) is 10.0. The molecular weight excluding hydrogens is 377 g/mol. The number of hydrogen-bond acceptors (Lipinski definition) is 9. The third kappa shape index (κ3) is 7.69. The molecule has 5 atom stereocenters. The van der Waals surface area contributed by atoms with Gasteiger partial charge in [-0.2, -0.15) is 4.31 Å². The molecule has 0 aliphatic carbocycles. The first-order chi connectivity index (χ1) is 9.30. The maximum atomic E-state index is 11.4. The predicted octanol–water partition coefficient (Wildman–Crippen LogP) is -1.09. The van der Waals surface area contributed by atoms with Crippen molar-refractivity contribution in [2.45, 2.75) is 24.9 Å². The molecule has 0 saturated carbocycles. The maximum absolute atomic E-state index is 11.4. The van der Waals surface area contributed by atoms with Crippen LogP contribution in [-0.4, -0.2) is 54.9 Å². The molecule has 16 heteroatoms. The first kappa shape index (κ1) is 19.8. The number of aliphatic hydroxyl groups is 2. The van der Waals surface area contributed by atoms with Gasteiger partial charge >= 0.3 is 22.4 Å². The Morgan fingerprint density at radius 1 is 1.10 bits per heavy atom. The topological polar surface area (TPSA) is 192 Å². The molecular formula is C5H13O12P3S. The molecule has 2 unspecified atom stereocenters. The molecule has 0 bridgehead atoms. The van der Waals surface area contributed by atoms with Crippen molar-refractivity contribution in [3.63, 3.8) is 0 Å². The summed E-state index contributed by atoms with van der Waals surface area (Å²) in [4.78, 5) is 35.5. The van der Waals surface area contributed by atoms with Crippen molar-refractivity contribution in [1.82, 2.24) is 0 Å². The molecule has 1 rings (SSSR count). The van der Waals surface area contributed by atoms with Gasteiger partial charge in [-0.15, -0.1) is 0 Å². The van der Waals surface area contributed by atoms with Crippen LogP contribution in [0.4, 0.5) is 0 Å². The second-order valence-corrected chi connectivity index (χ2v) is 9.67. The van der Waals surface area contributed by atoms with Gasteiger partial charge in [0.05, 0.1) is 12.7 Å². The summed E-state index contributed by atoms with van der Waals surface area (Å²) in [6.07, 6.45) is -3.78. The van der Waals surface area contributed by atoms with Crippen molar-refractivity contribution in [3.8, 4) is 0 Å². The normalized spacial score (nSPS) is 32.6. The van der Waals surface area contributed by atoms with Crippen molar-refractivity contribution in [2.24, 2.45) is 0 Å². The van der Waals surface area contributed by atoms with Gasteiger partial charge in [0.15, 0.2) is 6.29 Å². The molecule has 0 aromatic heterocycles. The fraction of sp³-hybridized carbons (Fsp3) is 1.00. The Labute approximate surface area is 123 Å². The summed E-state index contributed by atoms with van der Waals surface area (Å²) >= 11 is 3.90. The lowest BCUT2D eigenvalue weighted by molar-refractivity contribution is -0.106. The average Bonchev–Trinajstić information content (AvgIpc) is 2.48. The number of phosphoric acid groups is 2. The molecule has 12 nitrogen and oxygen atoms in total. The summed E-state index contributed by atoms with van der Waals surface area (Å²) in [5.74, 6) is 0. The molecule has 1 heterocycles. The lowest BCUT2D eigenvalue weighted by Gasteiger charge is -2.19. The SMILES string of the molecule is O=P(O)(OC[C@H]1O[C@H](O)C[C@@H]1O)OP(=O)(O)OP(O)(O)=S. The highest BCUT2D eigenvalue weighted by Gasteiger charge is 2.41. The zero-order valence-corrected chi connectivity index (χ0v) is 13.5. The zero-order chi connectivity index (χ0) is 16.5. The van der Waals surface area contributed by atoms with Gasteiger partial charge in [0.2, 0.25) is 0 Å². The van der Waals surface area contributed by atoms with Gasteiger partial charge in [-0.05, 0) is 11.8 Å². The van der Waals surface area contributed by atoms with Gasteiger partial charge in [0.1, 0.15) is 6.10 Å². The van der Waals surface area contributed by atoms with E-state index in [-0.39, 0.29) is 6.42 Å². The van der Waals surface area contributed by atoms with Crippen LogP contribution in [0.5, 0.6) is 0 Å². The van der Waals surface area contributed by atoms with Gasteiger partial charge in [-0.1, -0.05) is 0 Å². The fourth-order valence-electron chi connectivity index (χ4n) is 1.33. The van der Waals surface area contributed by atoms with Gasteiger partial charge in [-0.25, -0.2) is 13.4 Å². The Kier molecular flexibility index (Phi) is 6.66. The summed E-state index contributed by atoms with van der Waals surface area (Å²) < 4.78 is 39.0. The number of hydrogen-bond donors (Lipinski definition) is 6. The third-order valence-corrected chi connectivity index (χ3v) is 6.42. The molecule has 6 N–H and O–H groups in total. The molecule has 0 spiro atoms. The van der Waals surface area contributed by atoms with E-state index in [2.05, 4.69) is 25.0 Å². The summed E-state index contributed by atoms with van der Waals surface area (Å²) in [6.45, 7) is -5.37. The largest absolute Gasteiger partial charge is 0.488 e. The molecule has 126 valence electrons. The average molecular weight is 390 g/mol. The van der Waals surface area contributed by atoms with Crippen molar-refractivity contribution < 1.29 is 56.8 Å². The van der Waals surface area contributed by atoms with Crippen molar-refractivity contribution in [1.29, 1.82) is 0 Å². The van der Waals surface area contributed by atoms with Crippen molar-refractivity contribution >= 4 is 34.2 Å². The van der Waals surface area contributed by atoms with Crippen LogP contribution in [0, 0.1) is 0 Å². The van der Waals surface area contributed by atoms with Crippen molar-refractivity contribution in [2.75, 3.05) is 6.61 Å². The molecule has 0 amide bonds. The minimum Gasteiger partial charge on any atom is -0.390 e. The Morgan fingerprint density at radius 2 is 1.67 bits per heavy atom. The van der Waals surface area contributed by atoms with E-state index in [0.29, 0.717) is 0 Å². The quantitative estimate of drug-likeness (QED) is 0.288. The smallest absolute Gasteiger partial charge is 0.390 e. The summed E-state index contributed by atoms with van der Waals surface area (Å²) in [5.41, 5.74) is 0. The Morgan fingerprint density at radius 3 is 2.10 bits per heavy atom. The Bertz CT molecular complexity index is 503. The van der Waals surface area contributed by atoms with Crippen LogP contribution in [0.3, 0.4) is 0 Å². The van der Waals surface area contributed by atoms with Crippen LogP contribution in [-0.2, 0) is 38.8 Å². The molecule has 21 heavy (non-hydrogen) atoms. The second kappa shape index (κ2) is 7.08. The van der Waals surface area contributed by atoms with Gasteiger partial charge < -0.3 is 34.5 Å². The number of rotatable bonds is 7. The van der Waals surface area contributed by atoms with Gasteiger partial charge in [-0.3, -0.25) is 4.52 Å². The first-order valence-corrected chi connectivity index (χ1v) is 10.7. The maximum Gasteiger partial charge on any atom is 0.488 e. The molecule has 1 fully saturated rings. The lowest BCUT2D eigenvalue weighted by atomic mass is 10.2. The molecule has 0 aromatic carbocycles. The van der Waals surface area contributed by atoms with Crippen LogP contribution in [0.2, 0.25) is 0 Å². The van der Waals surface area contributed by atoms with E-state index in [1.807, 2.05) is 0 Å². The van der Waals surface area contributed by atoms with Crippen molar-refractivity contribution in [3.05, 3.63) is 0 Å². The highest BCUT2D eigenvalue weighted by Crippen LogP contribution is 2.66. The van der Waals surface area contributed by atoms with E-state index in [0.717, 1.165) is 0 Å². The van der Waals surface area contributed by atoms with Crippen LogP contribution in [0.25, 0.3) is 0 Å². The highest BCUT2D eigenvalue weighted by molar-refractivity contribution is 8.08. The van der Waals surface area contributed by atoms with E-state index >= 15 is 0 Å². The number of aliphatic hydroxyl groups excluding tert-OH is 2. The van der Waals surface area contributed by atoms with Crippen LogP contribution < -0.4 is 0 Å². The molecule has 1 aliphatic heterocycles. The highest BCUT2D eigenvalue weighted by atomic mass is 32.5. The summed E-state index contributed by atoms with van der Waals surface area (Å²) in [5, 5.41) is 18.4. The second-order valence-electron chi connectivity index (χ2n) is 3.82. The summed E-state index contributed by atoms with van der Waals surface area (Å²) in [7, 11) is -10.5. The Hall–Kier alpha value is 0.710. The number of phosphoric ester groups is 1. The van der Waals surface area contributed by atoms with E-state index < -0.39 is 47.5 Å². The Balaban J connectivity index is 2.56. The predicted molar refractivity (Wildman–Crippen MR) is 68.0 cm³/mol. The van der Waals surface area contributed by atoms with Gasteiger partial charge in [0.25, 0.3) is 0 Å². The lowest BCUT2D eigenvalue weighted by Crippen LogP contribution is -2.26. The van der Waals surface area contributed by atoms with E-state index in [1.165, 1.54) is 0 Å².